The molecule has 4 aromatic rings. The molecule has 178 valence electrons. The van der Waals surface area contributed by atoms with Crippen LogP contribution in [0.15, 0.2) is 83.8 Å². The summed E-state index contributed by atoms with van der Waals surface area (Å²) in [4.78, 5) is 27.0. The lowest BCUT2D eigenvalue weighted by atomic mass is 9.76. The van der Waals surface area contributed by atoms with E-state index in [1.807, 2.05) is 30.3 Å². The molecule has 2 heterocycles. The lowest BCUT2D eigenvalue weighted by Crippen LogP contribution is -2.35. The van der Waals surface area contributed by atoms with Gasteiger partial charge in [0.2, 0.25) is 0 Å². The number of rotatable bonds is 3. The average molecular weight is 499 g/mol. The number of hydrogen-bond donors (Lipinski definition) is 4. The van der Waals surface area contributed by atoms with Crippen molar-refractivity contribution in [3.05, 3.63) is 107 Å². The van der Waals surface area contributed by atoms with Crippen molar-refractivity contribution < 1.29 is 29.3 Å². The molecule has 6 rings (SSSR count). The molecule has 1 unspecified atom stereocenters. The number of nitrogen functional groups attached to an aromatic ring is 1. The van der Waals surface area contributed by atoms with E-state index in [0.717, 1.165) is 16.8 Å². The Morgan fingerprint density at radius 3 is 2.47 bits per heavy atom. The number of benzene rings is 4. The lowest BCUT2D eigenvalue weighted by molar-refractivity contribution is 0.0227. The van der Waals surface area contributed by atoms with Crippen LogP contribution in [0.2, 0.25) is 0 Å². The Balaban J connectivity index is 1.55. The molecule has 1 amide bonds. The Morgan fingerprint density at radius 1 is 0.917 bits per heavy atom. The topological polar surface area (TPSA) is 131 Å². The van der Waals surface area contributed by atoms with E-state index in [9.17, 15) is 19.8 Å². The van der Waals surface area contributed by atoms with E-state index in [2.05, 4.69) is 4.72 Å². The molecular weight excluding hydrogens is 480 g/mol. The Morgan fingerprint density at radius 2 is 1.67 bits per heavy atom. The first kappa shape index (κ1) is 21.9. The van der Waals surface area contributed by atoms with Crippen molar-refractivity contribution in [1.82, 2.24) is 4.72 Å². The van der Waals surface area contributed by atoms with E-state index >= 15 is 0 Å². The molecule has 8 nitrogen and oxygen atoms in total. The predicted molar refractivity (Wildman–Crippen MR) is 132 cm³/mol. The number of carbonyl (C=O) groups excluding carboxylic acids is 2. The Kier molecular flexibility index (Phi) is 4.84. The van der Waals surface area contributed by atoms with E-state index in [0.29, 0.717) is 16.7 Å². The van der Waals surface area contributed by atoms with Gasteiger partial charge in [0.15, 0.2) is 5.60 Å². The number of anilines is 1. The number of nitrogens with one attached hydrogen (secondary N) is 1. The van der Waals surface area contributed by atoms with Gasteiger partial charge in [-0.1, -0.05) is 36.4 Å². The van der Waals surface area contributed by atoms with Gasteiger partial charge in [-0.15, -0.1) is 0 Å². The first-order valence-electron chi connectivity index (χ1n) is 10.9. The molecule has 36 heavy (non-hydrogen) atoms. The molecule has 0 aliphatic carbocycles. The molecule has 5 N–H and O–H groups in total. The summed E-state index contributed by atoms with van der Waals surface area (Å²) in [6, 6.07) is 21.7. The standard InChI is InChI=1S/C27H18N2O6S/c28-24-22(25(32)29-36-15-6-2-1-3-7-15)19(31)13-21-23(24)27(18-11-10-14(30)12-20(18)34-21)17-9-5-4-8-16(17)26(33)35-27/h1-13,30-31H,28H2,(H,29,32). The third-order valence-corrected chi connectivity index (χ3v) is 7.02. The highest BCUT2D eigenvalue weighted by Crippen LogP contribution is 2.59. The molecule has 2 aliphatic rings. The number of aromatic hydroxyl groups is 2. The lowest BCUT2D eigenvalue weighted by Gasteiger charge is -2.37. The number of ether oxygens (including phenoxy) is 2. The molecule has 0 bridgehead atoms. The number of hydrogen-bond acceptors (Lipinski definition) is 8. The van der Waals surface area contributed by atoms with E-state index in [1.54, 1.807) is 30.3 Å². The highest BCUT2D eigenvalue weighted by molar-refractivity contribution is 7.98. The monoisotopic (exact) mass is 498 g/mol. The first-order chi connectivity index (χ1) is 17.4. The third kappa shape index (κ3) is 3.10. The van der Waals surface area contributed by atoms with Crippen molar-refractivity contribution in [2.75, 3.05) is 5.73 Å². The van der Waals surface area contributed by atoms with E-state index < -0.39 is 23.2 Å². The molecule has 0 radical (unpaired) electrons. The van der Waals surface area contributed by atoms with Crippen molar-refractivity contribution in [1.29, 1.82) is 0 Å². The fourth-order valence-corrected chi connectivity index (χ4v) is 5.34. The van der Waals surface area contributed by atoms with Gasteiger partial charge < -0.3 is 25.4 Å². The van der Waals surface area contributed by atoms with Crippen LogP contribution in [0.5, 0.6) is 23.0 Å². The SMILES string of the molecule is Nc1c(C(=O)NSc2ccccc2)c(O)cc2c1C1(OC(=O)c3ccccc31)c1ccc(O)cc1O2. The minimum Gasteiger partial charge on any atom is -0.508 e. The van der Waals surface area contributed by atoms with Crippen LogP contribution in [0.1, 0.15) is 37.4 Å². The summed E-state index contributed by atoms with van der Waals surface area (Å²) < 4.78 is 14.7. The molecule has 4 aromatic carbocycles. The van der Waals surface area contributed by atoms with Crippen molar-refractivity contribution in [2.45, 2.75) is 10.5 Å². The minimum absolute atomic E-state index is 0.0592. The Hall–Kier alpha value is -4.63. The molecule has 2 aliphatic heterocycles. The third-order valence-electron chi connectivity index (χ3n) is 6.23. The maximum Gasteiger partial charge on any atom is 0.340 e. The molecule has 0 fully saturated rings. The summed E-state index contributed by atoms with van der Waals surface area (Å²) >= 11 is 1.07. The van der Waals surface area contributed by atoms with Gasteiger partial charge in [-0.3, -0.25) is 9.52 Å². The van der Waals surface area contributed by atoms with Gasteiger partial charge >= 0.3 is 5.97 Å². The zero-order valence-electron chi connectivity index (χ0n) is 18.5. The Labute approximate surface area is 209 Å². The quantitative estimate of drug-likeness (QED) is 0.182. The number of esters is 1. The zero-order chi connectivity index (χ0) is 25.0. The number of amides is 1. The second-order valence-corrected chi connectivity index (χ2v) is 9.18. The van der Waals surface area contributed by atoms with Crippen molar-refractivity contribution in [3.63, 3.8) is 0 Å². The van der Waals surface area contributed by atoms with Crippen LogP contribution in [-0.4, -0.2) is 22.1 Å². The van der Waals surface area contributed by atoms with Crippen LogP contribution in [0, 0.1) is 0 Å². The van der Waals surface area contributed by atoms with Gasteiger partial charge in [-0.2, -0.15) is 0 Å². The Bertz CT molecular complexity index is 1570. The molecular formula is C27H18N2O6S. The molecule has 1 spiro atoms. The average Bonchev–Trinajstić information content (AvgIpc) is 3.15. The summed E-state index contributed by atoms with van der Waals surface area (Å²) in [6.45, 7) is 0. The number of phenolic OH excluding ortho intramolecular Hbond substituents is 2. The molecule has 0 saturated carbocycles. The molecule has 1 atom stereocenters. The van der Waals surface area contributed by atoms with Crippen LogP contribution in [0.4, 0.5) is 5.69 Å². The molecule has 0 saturated heterocycles. The van der Waals surface area contributed by atoms with Crippen LogP contribution in [-0.2, 0) is 10.3 Å². The highest BCUT2D eigenvalue weighted by Gasteiger charge is 2.55. The summed E-state index contributed by atoms with van der Waals surface area (Å²) in [7, 11) is 0. The van der Waals surface area contributed by atoms with Crippen LogP contribution in [0.25, 0.3) is 0 Å². The van der Waals surface area contributed by atoms with Gasteiger partial charge in [0.1, 0.15) is 28.6 Å². The predicted octanol–water partition coefficient (Wildman–Crippen LogP) is 4.69. The normalized spacial score (nSPS) is 16.9. The van der Waals surface area contributed by atoms with Crippen molar-refractivity contribution in [2.24, 2.45) is 0 Å². The fourth-order valence-electron chi connectivity index (χ4n) is 4.73. The van der Waals surface area contributed by atoms with Gasteiger partial charge in [0, 0.05) is 28.2 Å². The van der Waals surface area contributed by atoms with Gasteiger partial charge in [0.05, 0.1) is 16.8 Å². The van der Waals surface area contributed by atoms with Gasteiger partial charge in [-0.25, -0.2) is 4.79 Å². The maximum absolute atomic E-state index is 13.2. The smallest absolute Gasteiger partial charge is 0.340 e. The number of phenols is 2. The number of fused-ring (bicyclic) bond motifs is 6. The highest BCUT2D eigenvalue weighted by atomic mass is 32.2. The summed E-state index contributed by atoms with van der Waals surface area (Å²) in [5, 5.41) is 20.9. The number of carbonyl (C=O) groups is 2. The van der Waals surface area contributed by atoms with Crippen LogP contribution >= 0.6 is 11.9 Å². The van der Waals surface area contributed by atoms with Gasteiger partial charge in [-0.05, 0) is 42.3 Å². The van der Waals surface area contributed by atoms with E-state index in [-0.39, 0.29) is 34.1 Å². The van der Waals surface area contributed by atoms with Crippen LogP contribution in [0.3, 0.4) is 0 Å². The molecule has 9 heteroatoms. The summed E-state index contributed by atoms with van der Waals surface area (Å²) in [5.74, 6) is -1.35. The summed E-state index contributed by atoms with van der Waals surface area (Å²) in [6.07, 6.45) is 0. The van der Waals surface area contributed by atoms with Crippen molar-refractivity contribution >= 4 is 29.5 Å². The maximum atomic E-state index is 13.2. The molecule has 0 aromatic heterocycles. The first-order valence-corrected chi connectivity index (χ1v) is 11.7. The van der Waals surface area contributed by atoms with Crippen LogP contribution < -0.4 is 15.2 Å². The second-order valence-electron chi connectivity index (χ2n) is 8.30. The van der Waals surface area contributed by atoms with Crippen molar-refractivity contribution in [3.8, 4) is 23.0 Å². The fraction of sp³-hybridized carbons (Fsp3) is 0.0370. The number of nitrogens with two attached hydrogens (primary N) is 1. The van der Waals surface area contributed by atoms with Gasteiger partial charge in [0.25, 0.3) is 5.91 Å². The largest absolute Gasteiger partial charge is 0.508 e. The van der Waals surface area contributed by atoms with E-state index in [1.165, 1.54) is 18.2 Å². The summed E-state index contributed by atoms with van der Waals surface area (Å²) in [5.41, 5.74) is 6.22. The second kappa shape index (κ2) is 7.96. The zero-order valence-corrected chi connectivity index (χ0v) is 19.3. The minimum atomic E-state index is -1.55. The van der Waals surface area contributed by atoms with E-state index in [4.69, 9.17) is 15.2 Å².